The number of amides is 1. The van der Waals surface area contributed by atoms with E-state index in [0.717, 1.165) is 61.6 Å². The summed E-state index contributed by atoms with van der Waals surface area (Å²) in [5.74, 6) is 0.620. The van der Waals surface area contributed by atoms with Crippen molar-refractivity contribution in [1.29, 1.82) is 5.26 Å². The molecule has 0 bridgehead atoms. The molecule has 0 atom stereocenters. The molecule has 3 aliphatic rings. The first-order valence-corrected chi connectivity index (χ1v) is 15.3. The first-order valence-electron chi connectivity index (χ1n) is 14.5. The van der Waals surface area contributed by atoms with Crippen LogP contribution in [0.5, 0.6) is 0 Å². The number of aryl methyl sites for hydroxylation is 1. The van der Waals surface area contributed by atoms with Crippen molar-refractivity contribution >= 4 is 44.9 Å². The number of aromatic nitrogens is 4. The topological polar surface area (TPSA) is 118 Å². The molecule has 13 heteroatoms. The molecule has 0 spiro atoms. The summed E-state index contributed by atoms with van der Waals surface area (Å²) in [6, 6.07) is 10.7. The fourth-order valence-electron chi connectivity index (χ4n) is 5.84. The maximum Gasteiger partial charge on any atom is 0.236 e. The quantitative estimate of drug-likeness (QED) is 0.341. The number of anilines is 3. The number of β-amino-alcohol motifs (C(OH)–C–C–N with tert-alkyl or cyclic N) is 1. The average molecular weight is 602 g/mol. The summed E-state index contributed by atoms with van der Waals surface area (Å²) in [7, 11) is 1.94. The highest BCUT2D eigenvalue weighted by atomic mass is 32.1. The van der Waals surface area contributed by atoms with Crippen LogP contribution in [0.4, 0.5) is 21.0 Å². The zero-order valence-corrected chi connectivity index (χ0v) is 24.9. The molecule has 1 N–H and O–H groups in total. The molecule has 0 radical (unpaired) electrons. The van der Waals surface area contributed by atoms with Gasteiger partial charge in [0.25, 0.3) is 0 Å². The Bertz CT molecular complexity index is 1730. The Morgan fingerprint density at radius 1 is 1.16 bits per heavy atom. The first-order chi connectivity index (χ1) is 20.8. The molecule has 43 heavy (non-hydrogen) atoms. The van der Waals surface area contributed by atoms with E-state index in [0.29, 0.717) is 46.5 Å². The molecule has 5 heterocycles. The maximum absolute atomic E-state index is 13.6. The Kier molecular flexibility index (Phi) is 6.99. The predicted octanol–water partition coefficient (Wildman–Crippen LogP) is 3.30. The molecule has 3 fully saturated rings. The highest BCUT2D eigenvalue weighted by Crippen LogP contribution is 2.44. The standard InChI is InChI=1S/C30H32FN9O2S/c1-18-24(38-11-9-37(10-12-38)17-26(42)39-15-22(41)16-39)13-23-28(33-18)35-40(21-7-8-21)29(23)36(2)30-34-27(25(14-32)43-30)19-3-5-20(31)6-4-19/h3-6,13,21-22,41H,7-12,15-17H2,1-2H3. The first kappa shape index (κ1) is 27.7. The van der Waals surface area contributed by atoms with E-state index < -0.39 is 0 Å². The Labute approximate surface area is 252 Å². The van der Waals surface area contributed by atoms with Crippen LogP contribution in [0.1, 0.15) is 29.5 Å². The van der Waals surface area contributed by atoms with Crippen LogP contribution in [0.25, 0.3) is 22.3 Å². The van der Waals surface area contributed by atoms with E-state index in [-0.39, 0.29) is 23.9 Å². The van der Waals surface area contributed by atoms with Crippen molar-refractivity contribution in [3.8, 4) is 17.3 Å². The van der Waals surface area contributed by atoms with Crippen LogP contribution in [0.3, 0.4) is 0 Å². The highest BCUT2D eigenvalue weighted by molar-refractivity contribution is 7.16. The molecule has 3 aromatic heterocycles. The smallest absolute Gasteiger partial charge is 0.236 e. The van der Waals surface area contributed by atoms with Gasteiger partial charge in [-0.2, -0.15) is 10.4 Å². The summed E-state index contributed by atoms with van der Waals surface area (Å²) in [4.78, 5) is 30.9. The van der Waals surface area contributed by atoms with Gasteiger partial charge in [0, 0.05) is 51.9 Å². The number of aliphatic hydroxyl groups excluding tert-OH is 1. The SMILES string of the molecule is Cc1nc2nn(C3CC3)c(N(C)c3nc(-c4ccc(F)cc4)c(C#N)s3)c2cc1N1CCN(CC(=O)N2CC(O)C2)CC1. The third kappa shape index (κ3) is 5.20. The summed E-state index contributed by atoms with van der Waals surface area (Å²) >= 11 is 1.30. The fourth-order valence-corrected chi connectivity index (χ4v) is 6.69. The second-order valence-electron chi connectivity index (χ2n) is 11.5. The Morgan fingerprint density at radius 2 is 1.88 bits per heavy atom. The van der Waals surface area contributed by atoms with Crippen LogP contribution in [0, 0.1) is 24.1 Å². The van der Waals surface area contributed by atoms with Gasteiger partial charge in [-0.25, -0.2) is 19.0 Å². The molecular formula is C30H32FN9O2S. The maximum atomic E-state index is 13.6. The van der Waals surface area contributed by atoms with Crippen molar-refractivity contribution in [2.24, 2.45) is 0 Å². The van der Waals surface area contributed by atoms with Gasteiger partial charge in [-0.3, -0.25) is 9.69 Å². The molecule has 0 unspecified atom stereocenters. The monoisotopic (exact) mass is 601 g/mol. The van der Waals surface area contributed by atoms with Crippen molar-refractivity contribution in [1.82, 2.24) is 29.5 Å². The number of likely N-dealkylation sites (tertiary alicyclic amines) is 1. The van der Waals surface area contributed by atoms with E-state index in [9.17, 15) is 19.6 Å². The second-order valence-corrected chi connectivity index (χ2v) is 12.5. The number of pyridine rings is 1. The van der Waals surface area contributed by atoms with Gasteiger partial charge in [-0.15, -0.1) is 0 Å². The minimum Gasteiger partial charge on any atom is -0.389 e. The molecule has 1 saturated carbocycles. The van der Waals surface area contributed by atoms with Crippen LogP contribution < -0.4 is 9.80 Å². The molecule has 1 aromatic carbocycles. The van der Waals surface area contributed by atoms with Crippen molar-refractivity contribution in [2.75, 3.05) is 62.7 Å². The van der Waals surface area contributed by atoms with E-state index in [2.05, 4.69) is 21.9 Å². The molecule has 1 aliphatic carbocycles. The number of carbonyl (C=O) groups excluding carboxylic acids is 1. The number of aliphatic hydroxyl groups is 1. The number of rotatable bonds is 7. The summed E-state index contributed by atoms with van der Waals surface area (Å²) in [6.45, 7) is 6.30. The largest absolute Gasteiger partial charge is 0.389 e. The van der Waals surface area contributed by atoms with Gasteiger partial charge in [0.1, 0.15) is 28.3 Å². The summed E-state index contributed by atoms with van der Waals surface area (Å²) in [5.41, 5.74) is 3.84. The molecule has 11 nitrogen and oxygen atoms in total. The average Bonchev–Trinajstić information content (AvgIpc) is 3.64. The van der Waals surface area contributed by atoms with Crippen molar-refractivity contribution in [3.63, 3.8) is 0 Å². The number of hydrogen-bond acceptors (Lipinski definition) is 10. The van der Waals surface area contributed by atoms with Crippen molar-refractivity contribution < 1.29 is 14.3 Å². The van der Waals surface area contributed by atoms with Gasteiger partial charge in [-0.05, 0) is 50.1 Å². The number of halogens is 1. The zero-order valence-electron chi connectivity index (χ0n) is 24.1. The van der Waals surface area contributed by atoms with Gasteiger partial charge in [0.05, 0.1) is 35.5 Å². The lowest BCUT2D eigenvalue weighted by Crippen LogP contribution is -2.57. The second kappa shape index (κ2) is 10.9. The molecule has 2 saturated heterocycles. The third-order valence-electron chi connectivity index (χ3n) is 8.45. The van der Waals surface area contributed by atoms with Crippen molar-refractivity contribution in [3.05, 3.63) is 46.7 Å². The van der Waals surface area contributed by atoms with Crippen LogP contribution >= 0.6 is 11.3 Å². The number of hydrogen-bond donors (Lipinski definition) is 1. The fraction of sp³-hybridized carbons (Fsp3) is 0.433. The van der Waals surface area contributed by atoms with Gasteiger partial charge < -0.3 is 19.8 Å². The molecule has 7 rings (SSSR count). The van der Waals surface area contributed by atoms with E-state index in [4.69, 9.17) is 15.1 Å². The number of nitrogens with zero attached hydrogens (tertiary/aromatic N) is 9. The Morgan fingerprint density at radius 3 is 2.53 bits per heavy atom. The number of carbonyl (C=O) groups is 1. The predicted molar refractivity (Wildman–Crippen MR) is 162 cm³/mol. The summed E-state index contributed by atoms with van der Waals surface area (Å²) < 4.78 is 15.6. The number of thiazole rings is 1. The lowest BCUT2D eigenvalue weighted by Gasteiger charge is -2.40. The van der Waals surface area contributed by atoms with E-state index >= 15 is 0 Å². The lowest BCUT2D eigenvalue weighted by molar-refractivity contribution is -0.142. The number of fused-ring (bicyclic) bond motifs is 1. The van der Waals surface area contributed by atoms with Gasteiger partial charge in [-0.1, -0.05) is 11.3 Å². The number of benzene rings is 1. The van der Waals surface area contributed by atoms with Crippen molar-refractivity contribution in [2.45, 2.75) is 31.9 Å². The van der Waals surface area contributed by atoms with E-state index in [1.807, 2.05) is 23.6 Å². The molecular weight excluding hydrogens is 569 g/mol. The van der Waals surface area contributed by atoms with Gasteiger partial charge >= 0.3 is 0 Å². The summed E-state index contributed by atoms with van der Waals surface area (Å²) in [6.07, 6.45) is 1.69. The lowest BCUT2D eigenvalue weighted by atomic mass is 10.1. The highest BCUT2D eigenvalue weighted by Gasteiger charge is 2.33. The molecule has 222 valence electrons. The molecule has 4 aromatic rings. The Hall–Kier alpha value is -4.12. The molecule has 1 amide bonds. The Balaban J connectivity index is 1.17. The number of nitriles is 1. The normalized spacial score (nSPS) is 17.7. The van der Waals surface area contributed by atoms with E-state index in [1.165, 1.54) is 23.5 Å². The van der Waals surface area contributed by atoms with Crippen LogP contribution in [-0.2, 0) is 4.79 Å². The zero-order chi connectivity index (χ0) is 29.8. The van der Waals surface area contributed by atoms with Crippen LogP contribution in [-0.4, -0.2) is 99.5 Å². The van der Waals surface area contributed by atoms with Gasteiger partial charge in [0.15, 0.2) is 10.8 Å². The summed E-state index contributed by atoms with van der Waals surface area (Å²) in [5, 5.41) is 25.9. The minimum atomic E-state index is -0.389. The third-order valence-corrected chi connectivity index (χ3v) is 9.48. The van der Waals surface area contributed by atoms with Crippen LogP contribution in [0.2, 0.25) is 0 Å². The van der Waals surface area contributed by atoms with Crippen LogP contribution in [0.15, 0.2) is 30.3 Å². The number of piperazine rings is 1. The van der Waals surface area contributed by atoms with Gasteiger partial charge in [0.2, 0.25) is 5.91 Å². The van der Waals surface area contributed by atoms with E-state index in [1.54, 1.807) is 17.0 Å². The molecule has 2 aliphatic heterocycles. The minimum absolute atomic E-state index is 0.0718.